The van der Waals surface area contributed by atoms with Crippen molar-refractivity contribution in [3.05, 3.63) is 60.4 Å². The predicted molar refractivity (Wildman–Crippen MR) is 76.8 cm³/mol. The molecular weight excluding hydrogens is 261 g/mol. The number of nitrogens with one attached hydrogen (secondary N) is 1. The highest BCUT2D eigenvalue weighted by Gasteiger charge is 2.03. The molecule has 2 aromatic rings. The molecular formula is C15H14FNOS. The van der Waals surface area contributed by atoms with Crippen molar-refractivity contribution in [1.29, 1.82) is 0 Å². The van der Waals surface area contributed by atoms with Crippen LogP contribution in [0, 0.1) is 5.82 Å². The van der Waals surface area contributed by atoms with Crippen LogP contribution >= 0.6 is 11.8 Å². The molecule has 0 heterocycles. The van der Waals surface area contributed by atoms with Gasteiger partial charge in [0.2, 0.25) is 5.91 Å². The Bertz CT molecular complexity index is 545. The molecule has 0 spiro atoms. The maximum atomic E-state index is 12.9. The molecule has 2 nitrogen and oxygen atoms in total. The summed E-state index contributed by atoms with van der Waals surface area (Å²) in [6, 6.07) is 15.8. The molecule has 98 valence electrons. The van der Waals surface area contributed by atoms with Crippen molar-refractivity contribution in [3.8, 4) is 0 Å². The zero-order valence-corrected chi connectivity index (χ0v) is 11.1. The van der Waals surface area contributed by atoms with Crippen LogP contribution in [0.3, 0.4) is 0 Å². The van der Waals surface area contributed by atoms with E-state index in [9.17, 15) is 9.18 Å². The van der Waals surface area contributed by atoms with E-state index in [0.29, 0.717) is 17.9 Å². The molecule has 1 N–H and O–H groups in total. The highest BCUT2D eigenvalue weighted by atomic mass is 32.2. The maximum absolute atomic E-state index is 12.9. The van der Waals surface area contributed by atoms with E-state index in [1.54, 1.807) is 23.9 Å². The standard InChI is InChI=1S/C15H14FNOS/c16-12-5-4-6-13(11-12)17-15(18)9-10-19-14-7-2-1-3-8-14/h1-8,11H,9-10H2,(H,17,18). The summed E-state index contributed by atoms with van der Waals surface area (Å²) in [5.41, 5.74) is 0.495. The van der Waals surface area contributed by atoms with Gasteiger partial charge in [0, 0.05) is 22.8 Å². The SMILES string of the molecule is O=C(CCSc1ccccc1)Nc1cccc(F)c1. The van der Waals surface area contributed by atoms with Gasteiger partial charge in [-0.3, -0.25) is 4.79 Å². The Morgan fingerprint density at radius 2 is 1.89 bits per heavy atom. The van der Waals surface area contributed by atoms with E-state index in [4.69, 9.17) is 0 Å². The Morgan fingerprint density at radius 1 is 1.11 bits per heavy atom. The molecule has 0 aliphatic rings. The first-order chi connectivity index (χ1) is 9.24. The number of amides is 1. The van der Waals surface area contributed by atoms with Gasteiger partial charge >= 0.3 is 0 Å². The van der Waals surface area contributed by atoms with Crippen LogP contribution in [0.4, 0.5) is 10.1 Å². The largest absolute Gasteiger partial charge is 0.326 e. The predicted octanol–water partition coefficient (Wildman–Crippen LogP) is 3.95. The average Bonchev–Trinajstić information content (AvgIpc) is 2.40. The van der Waals surface area contributed by atoms with E-state index in [0.717, 1.165) is 4.90 Å². The van der Waals surface area contributed by atoms with E-state index in [1.165, 1.54) is 12.1 Å². The van der Waals surface area contributed by atoms with Gasteiger partial charge in [-0.15, -0.1) is 11.8 Å². The second-order valence-electron chi connectivity index (χ2n) is 3.97. The fourth-order valence-corrected chi connectivity index (χ4v) is 2.44. The number of hydrogen-bond donors (Lipinski definition) is 1. The number of halogens is 1. The molecule has 0 radical (unpaired) electrons. The van der Waals surface area contributed by atoms with Crippen LogP contribution in [0.5, 0.6) is 0 Å². The minimum absolute atomic E-state index is 0.103. The zero-order chi connectivity index (χ0) is 13.5. The van der Waals surface area contributed by atoms with Crippen LogP contribution in [0.25, 0.3) is 0 Å². The summed E-state index contributed by atoms with van der Waals surface area (Å²) in [4.78, 5) is 12.8. The number of carbonyl (C=O) groups excluding carboxylic acids is 1. The van der Waals surface area contributed by atoms with Crippen molar-refractivity contribution in [2.24, 2.45) is 0 Å². The van der Waals surface area contributed by atoms with E-state index in [2.05, 4.69) is 5.32 Å². The van der Waals surface area contributed by atoms with Crippen LogP contribution in [0.15, 0.2) is 59.5 Å². The van der Waals surface area contributed by atoms with E-state index < -0.39 is 0 Å². The molecule has 2 rings (SSSR count). The second kappa shape index (κ2) is 6.95. The van der Waals surface area contributed by atoms with E-state index in [1.807, 2.05) is 30.3 Å². The fourth-order valence-electron chi connectivity index (χ4n) is 1.57. The number of carbonyl (C=O) groups is 1. The number of thioether (sulfide) groups is 1. The second-order valence-corrected chi connectivity index (χ2v) is 5.14. The Morgan fingerprint density at radius 3 is 2.63 bits per heavy atom. The Balaban J connectivity index is 1.76. The Kier molecular flexibility index (Phi) is 4.98. The van der Waals surface area contributed by atoms with Crippen LogP contribution in [-0.2, 0) is 4.79 Å². The summed E-state index contributed by atoms with van der Waals surface area (Å²) < 4.78 is 12.9. The lowest BCUT2D eigenvalue weighted by Crippen LogP contribution is -2.12. The molecule has 0 aliphatic carbocycles. The summed E-state index contributed by atoms with van der Waals surface area (Å²) >= 11 is 1.63. The third kappa shape index (κ3) is 4.75. The van der Waals surface area contributed by atoms with Crippen molar-refractivity contribution >= 4 is 23.4 Å². The van der Waals surface area contributed by atoms with Gasteiger partial charge in [0.05, 0.1) is 0 Å². The third-order valence-electron chi connectivity index (χ3n) is 2.45. The number of anilines is 1. The monoisotopic (exact) mass is 275 g/mol. The van der Waals surface area contributed by atoms with E-state index in [-0.39, 0.29) is 11.7 Å². The lowest BCUT2D eigenvalue weighted by molar-refractivity contribution is -0.115. The van der Waals surface area contributed by atoms with Gasteiger partial charge in [-0.2, -0.15) is 0 Å². The summed E-state index contributed by atoms with van der Waals surface area (Å²) in [6.07, 6.45) is 0.399. The van der Waals surface area contributed by atoms with Crippen LogP contribution < -0.4 is 5.32 Å². The molecule has 0 saturated heterocycles. The maximum Gasteiger partial charge on any atom is 0.225 e. The average molecular weight is 275 g/mol. The van der Waals surface area contributed by atoms with Crippen molar-refractivity contribution in [3.63, 3.8) is 0 Å². The Labute approximate surface area is 116 Å². The quantitative estimate of drug-likeness (QED) is 0.837. The lowest BCUT2D eigenvalue weighted by Gasteiger charge is -2.05. The van der Waals surface area contributed by atoms with Gasteiger partial charge in [-0.25, -0.2) is 4.39 Å². The molecule has 0 unspecified atom stereocenters. The molecule has 19 heavy (non-hydrogen) atoms. The molecule has 0 atom stereocenters. The molecule has 0 fully saturated rings. The highest BCUT2D eigenvalue weighted by Crippen LogP contribution is 2.18. The summed E-state index contributed by atoms with van der Waals surface area (Å²) in [7, 11) is 0. The topological polar surface area (TPSA) is 29.1 Å². The third-order valence-corrected chi connectivity index (χ3v) is 3.46. The highest BCUT2D eigenvalue weighted by molar-refractivity contribution is 7.99. The van der Waals surface area contributed by atoms with Crippen molar-refractivity contribution in [1.82, 2.24) is 0 Å². The fraction of sp³-hybridized carbons (Fsp3) is 0.133. The molecule has 1 amide bonds. The lowest BCUT2D eigenvalue weighted by atomic mass is 10.3. The summed E-state index contributed by atoms with van der Waals surface area (Å²) in [6.45, 7) is 0. The first kappa shape index (κ1) is 13.6. The first-order valence-corrected chi connectivity index (χ1v) is 6.96. The molecule has 4 heteroatoms. The van der Waals surface area contributed by atoms with Crippen molar-refractivity contribution in [2.45, 2.75) is 11.3 Å². The first-order valence-electron chi connectivity index (χ1n) is 5.97. The molecule has 2 aromatic carbocycles. The minimum atomic E-state index is -0.350. The summed E-state index contributed by atoms with van der Waals surface area (Å²) in [5, 5.41) is 2.68. The number of rotatable bonds is 5. The van der Waals surface area contributed by atoms with Gasteiger partial charge in [0.1, 0.15) is 5.82 Å². The van der Waals surface area contributed by atoms with Crippen molar-refractivity contribution in [2.75, 3.05) is 11.1 Å². The van der Waals surface area contributed by atoms with Gasteiger partial charge in [-0.05, 0) is 30.3 Å². The minimum Gasteiger partial charge on any atom is -0.326 e. The van der Waals surface area contributed by atoms with Gasteiger partial charge in [0.15, 0.2) is 0 Å². The van der Waals surface area contributed by atoms with Crippen LogP contribution in [0.2, 0.25) is 0 Å². The number of hydrogen-bond acceptors (Lipinski definition) is 2. The summed E-state index contributed by atoms with van der Waals surface area (Å²) in [5.74, 6) is 0.246. The van der Waals surface area contributed by atoms with Gasteiger partial charge in [-0.1, -0.05) is 24.3 Å². The Hall–Kier alpha value is -1.81. The molecule has 0 saturated carbocycles. The van der Waals surface area contributed by atoms with Gasteiger partial charge < -0.3 is 5.32 Å². The normalized spacial score (nSPS) is 10.2. The van der Waals surface area contributed by atoms with Crippen molar-refractivity contribution < 1.29 is 9.18 Å². The molecule has 0 bridgehead atoms. The van der Waals surface area contributed by atoms with Crippen LogP contribution in [0.1, 0.15) is 6.42 Å². The smallest absolute Gasteiger partial charge is 0.225 e. The zero-order valence-electron chi connectivity index (χ0n) is 10.3. The van der Waals surface area contributed by atoms with Crippen LogP contribution in [-0.4, -0.2) is 11.7 Å². The molecule has 0 aromatic heterocycles. The van der Waals surface area contributed by atoms with E-state index >= 15 is 0 Å². The number of benzene rings is 2. The molecule has 0 aliphatic heterocycles. The van der Waals surface area contributed by atoms with Gasteiger partial charge in [0.25, 0.3) is 0 Å².